The summed E-state index contributed by atoms with van der Waals surface area (Å²) in [6.07, 6.45) is 3.57. The van der Waals surface area contributed by atoms with Crippen LogP contribution in [0.5, 0.6) is 0 Å². The first-order valence-electron chi connectivity index (χ1n) is 6.35. The molecule has 1 aliphatic rings. The molecule has 0 aromatic carbocycles. The van der Waals surface area contributed by atoms with Gasteiger partial charge in [0, 0.05) is 25.8 Å². The van der Waals surface area contributed by atoms with Crippen LogP contribution in [-0.4, -0.2) is 41.8 Å². The van der Waals surface area contributed by atoms with Crippen molar-refractivity contribution in [2.45, 2.75) is 25.9 Å². The van der Waals surface area contributed by atoms with E-state index in [-0.39, 0.29) is 11.3 Å². The minimum absolute atomic E-state index is 0.0842. The number of anilines is 1. The Morgan fingerprint density at radius 1 is 1.47 bits per heavy atom. The summed E-state index contributed by atoms with van der Waals surface area (Å²) in [5.41, 5.74) is 0.717. The van der Waals surface area contributed by atoms with E-state index in [1.807, 2.05) is 6.26 Å². The lowest BCUT2D eigenvalue weighted by Crippen LogP contribution is -2.36. The Bertz CT molecular complexity index is 484. The quantitative estimate of drug-likeness (QED) is 0.661. The van der Waals surface area contributed by atoms with E-state index in [1.165, 1.54) is 11.8 Å². The van der Waals surface area contributed by atoms with Crippen LogP contribution in [0, 0.1) is 5.41 Å². The lowest BCUT2D eigenvalue weighted by atomic mass is 9.96. The largest absolute Gasteiger partial charge is 0.354 e. The Hall–Kier alpha value is -1.30. The highest BCUT2D eigenvalue weighted by molar-refractivity contribution is 7.98. The van der Waals surface area contributed by atoms with Gasteiger partial charge < -0.3 is 10.2 Å². The van der Waals surface area contributed by atoms with Gasteiger partial charge in [-0.25, -0.2) is 9.97 Å². The number of hydrogen-bond acceptors (Lipinski definition) is 5. The molecule has 1 aromatic rings. The maximum Gasteiger partial charge on any atom is 0.256 e. The number of rotatable bonds is 2. The Morgan fingerprint density at radius 3 is 2.84 bits per heavy atom. The third-order valence-electron chi connectivity index (χ3n) is 2.81. The van der Waals surface area contributed by atoms with Crippen LogP contribution in [0.2, 0.25) is 0 Å². The molecule has 5 nitrogen and oxygen atoms in total. The Morgan fingerprint density at radius 2 is 2.21 bits per heavy atom. The average Bonchev–Trinajstić information content (AvgIpc) is 2.48. The van der Waals surface area contributed by atoms with Gasteiger partial charge in [-0.15, -0.1) is 0 Å². The summed E-state index contributed by atoms with van der Waals surface area (Å²) in [6.45, 7) is 8.83. The molecule has 0 saturated carbocycles. The normalized spacial score (nSPS) is 15.8. The van der Waals surface area contributed by atoms with Gasteiger partial charge in [0.25, 0.3) is 5.91 Å². The molecule has 0 unspecified atom stereocenters. The number of nitrogens with one attached hydrogen (secondary N) is 1. The molecular formula is C13H20N4OS. The summed E-state index contributed by atoms with van der Waals surface area (Å²) >= 11 is 1.49. The van der Waals surface area contributed by atoms with Crippen molar-refractivity contribution in [2.75, 3.05) is 30.8 Å². The molecule has 1 aliphatic heterocycles. The fourth-order valence-electron chi connectivity index (χ4n) is 2.09. The predicted molar refractivity (Wildman–Crippen MR) is 77.8 cm³/mol. The molecule has 0 spiro atoms. The van der Waals surface area contributed by atoms with E-state index in [9.17, 15) is 4.79 Å². The molecule has 19 heavy (non-hydrogen) atoms. The van der Waals surface area contributed by atoms with Crippen molar-refractivity contribution in [1.82, 2.24) is 15.3 Å². The molecule has 1 aromatic heterocycles. The van der Waals surface area contributed by atoms with E-state index in [2.05, 4.69) is 41.0 Å². The highest BCUT2D eigenvalue weighted by Crippen LogP contribution is 2.25. The van der Waals surface area contributed by atoms with E-state index >= 15 is 0 Å². The van der Waals surface area contributed by atoms with Crippen molar-refractivity contribution in [3.63, 3.8) is 0 Å². The summed E-state index contributed by atoms with van der Waals surface area (Å²) in [7, 11) is 0. The number of hydrogen-bond donors (Lipinski definition) is 1. The molecule has 0 fully saturated rings. The maximum absolute atomic E-state index is 12.0. The fraction of sp³-hybridized carbons (Fsp3) is 0.615. The molecule has 0 atom stereocenters. The highest BCUT2D eigenvalue weighted by atomic mass is 32.2. The Balaban J connectivity index is 2.42. The summed E-state index contributed by atoms with van der Waals surface area (Å²) in [5.74, 6) is 0.670. The van der Waals surface area contributed by atoms with Gasteiger partial charge in [0.05, 0.1) is 0 Å². The first-order valence-corrected chi connectivity index (χ1v) is 7.57. The molecule has 1 amide bonds. The third-order valence-corrected chi connectivity index (χ3v) is 3.37. The maximum atomic E-state index is 12.0. The molecule has 0 saturated heterocycles. The summed E-state index contributed by atoms with van der Waals surface area (Å²) in [5, 5.41) is 3.59. The number of carbonyl (C=O) groups is 1. The van der Waals surface area contributed by atoms with Gasteiger partial charge >= 0.3 is 0 Å². The van der Waals surface area contributed by atoms with Crippen LogP contribution in [0.15, 0.2) is 11.4 Å². The number of carbonyl (C=O) groups excluding carboxylic acids is 1. The minimum atomic E-state index is -0.0842. The second kappa shape index (κ2) is 5.36. The smallest absolute Gasteiger partial charge is 0.256 e. The first kappa shape index (κ1) is 14.1. The van der Waals surface area contributed by atoms with E-state index in [0.29, 0.717) is 17.3 Å². The van der Waals surface area contributed by atoms with Crippen LogP contribution in [0.4, 0.5) is 5.82 Å². The first-order chi connectivity index (χ1) is 8.90. The van der Waals surface area contributed by atoms with E-state index < -0.39 is 0 Å². The Kier molecular flexibility index (Phi) is 3.99. The second-order valence-electron chi connectivity index (χ2n) is 5.83. The van der Waals surface area contributed by atoms with Crippen molar-refractivity contribution in [3.05, 3.63) is 11.8 Å². The number of aromatic nitrogens is 2. The summed E-state index contributed by atoms with van der Waals surface area (Å²) in [4.78, 5) is 22.9. The zero-order valence-corrected chi connectivity index (χ0v) is 12.7. The van der Waals surface area contributed by atoms with Gasteiger partial charge in [-0.2, -0.15) is 0 Å². The molecule has 104 valence electrons. The molecule has 2 rings (SSSR count). The van der Waals surface area contributed by atoms with E-state index in [4.69, 9.17) is 0 Å². The van der Waals surface area contributed by atoms with Crippen LogP contribution in [0.1, 0.15) is 31.1 Å². The molecule has 2 heterocycles. The fourth-order valence-corrected chi connectivity index (χ4v) is 2.42. The van der Waals surface area contributed by atoms with Gasteiger partial charge in [-0.1, -0.05) is 32.5 Å². The van der Waals surface area contributed by atoms with Crippen LogP contribution in [-0.2, 0) is 0 Å². The van der Waals surface area contributed by atoms with Crippen LogP contribution in [0.25, 0.3) is 0 Å². The monoisotopic (exact) mass is 280 g/mol. The van der Waals surface area contributed by atoms with Gasteiger partial charge in [0.1, 0.15) is 11.4 Å². The van der Waals surface area contributed by atoms with Crippen molar-refractivity contribution in [2.24, 2.45) is 5.41 Å². The summed E-state index contributed by atoms with van der Waals surface area (Å²) < 4.78 is 0. The van der Waals surface area contributed by atoms with E-state index in [0.717, 1.165) is 18.9 Å². The van der Waals surface area contributed by atoms with Crippen LogP contribution in [0.3, 0.4) is 0 Å². The number of nitrogens with zero attached hydrogens (tertiary/aromatic N) is 3. The highest BCUT2D eigenvalue weighted by Gasteiger charge is 2.26. The Labute approximate surface area is 118 Å². The van der Waals surface area contributed by atoms with Crippen molar-refractivity contribution in [1.29, 1.82) is 0 Å². The molecule has 0 aliphatic carbocycles. The lowest BCUT2D eigenvalue weighted by molar-refractivity contribution is 0.0957. The van der Waals surface area contributed by atoms with Crippen molar-refractivity contribution in [3.8, 4) is 0 Å². The molecule has 1 N–H and O–H groups in total. The van der Waals surface area contributed by atoms with Crippen LogP contribution < -0.4 is 10.2 Å². The van der Waals surface area contributed by atoms with Crippen LogP contribution >= 0.6 is 11.8 Å². The van der Waals surface area contributed by atoms with Gasteiger partial charge in [0.2, 0.25) is 0 Å². The molecule has 6 heteroatoms. The van der Waals surface area contributed by atoms with E-state index in [1.54, 1.807) is 6.20 Å². The third kappa shape index (κ3) is 3.37. The molecular weight excluding hydrogens is 260 g/mol. The van der Waals surface area contributed by atoms with Gasteiger partial charge in [-0.05, 0) is 11.7 Å². The summed E-state index contributed by atoms with van der Waals surface area (Å²) in [6, 6.07) is 0. The average molecular weight is 280 g/mol. The van der Waals surface area contributed by atoms with Crippen molar-refractivity contribution >= 4 is 23.5 Å². The minimum Gasteiger partial charge on any atom is -0.354 e. The van der Waals surface area contributed by atoms with Crippen molar-refractivity contribution < 1.29 is 4.79 Å². The predicted octanol–water partition coefficient (Wildman–Crippen LogP) is 1.79. The standard InChI is InChI=1S/C13H20N4OS/c1-13(2,3)8-17-6-5-14-11(18)9-7-15-12(19-4)16-10(9)17/h7H,5-6,8H2,1-4H3,(H,14,18). The van der Waals surface area contributed by atoms with Gasteiger partial charge in [0.15, 0.2) is 5.16 Å². The molecule has 0 radical (unpaired) electrons. The zero-order valence-electron chi connectivity index (χ0n) is 11.9. The number of amides is 1. The van der Waals surface area contributed by atoms with Gasteiger partial charge in [-0.3, -0.25) is 4.79 Å². The molecule has 0 bridgehead atoms. The lowest BCUT2D eigenvalue weighted by Gasteiger charge is -2.30. The SMILES string of the molecule is CSc1ncc2c(n1)N(CC(C)(C)C)CCNC2=O. The topological polar surface area (TPSA) is 58.1 Å². The second-order valence-corrected chi connectivity index (χ2v) is 6.61. The number of thioether (sulfide) groups is 1. The zero-order chi connectivity index (χ0) is 14.0. The number of fused-ring (bicyclic) bond motifs is 1.